The number of rotatable bonds is 3. The summed E-state index contributed by atoms with van der Waals surface area (Å²) in [5.41, 5.74) is 0.584. The van der Waals surface area contributed by atoms with Crippen molar-refractivity contribution in [1.29, 1.82) is 5.26 Å². The lowest BCUT2D eigenvalue weighted by Gasteiger charge is -2.37. The molecule has 0 radical (unpaired) electrons. The first kappa shape index (κ1) is 20.9. The van der Waals surface area contributed by atoms with E-state index in [1.807, 2.05) is 12.1 Å². The zero-order chi connectivity index (χ0) is 18.6. The van der Waals surface area contributed by atoms with Gasteiger partial charge >= 0.3 is 0 Å². The first-order valence-corrected chi connectivity index (χ1v) is 10.4. The highest BCUT2D eigenvalue weighted by molar-refractivity contribution is 5.85. The molecule has 0 N–H and O–H groups in total. The second kappa shape index (κ2) is 9.58. The Labute approximate surface area is 173 Å². The predicted octanol–water partition coefficient (Wildman–Crippen LogP) is 2.68. The minimum absolute atomic E-state index is 0. The van der Waals surface area contributed by atoms with E-state index in [0.29, 0.717) is 11.5 Å². The number of piperidine rings is 1. The van der Waals surface area contributed by atoms with Crippen LogP contribution in [0.4, 0.5) is 5.82 Å². The number of hydrogen-bond donors (Lipinski definition) is 0. The molecule has 1 amide bonds. The first-order valence-electron chi connectivity index (χ1n) is 10.4. The Balaban J connectivity index is 0.00000225. The predicted molar refractivity (Wildman–Crippen MR) is 112 cm³/mol. The third kappa shape index (κ3) is 4.59. The van der Waals surface area contributed by atoms with E-state index in [0.717, 1.165) is 70.4 Å². The molecule has 7 heteroatoms. The molecule has 2 aliphatic heterocycles. The number of carbonyl (C=O) groups excluding carboxylic acids is 1. The number of hydrogen-bond acceptors (Lipinski definition) is 5. The molecule has 3 aliphatic rings. The summed E-state index contributed by atoms with van der Waals surface area (Å²) in [6.45, 7) is 5.72. The van der Waals surface area contributed by atoms with Gasteiger partial charge in [-0.1, -0.05) is 6.42 Å². The van der Waals surface area contributed by atoms with Gasteiger partial charge in [-0.25, -0.2) is 4.98 Å². The minimum Gasteiger partial charge on any atom is -0.357 e. The standard InChI is InChI=1S/C21H29N5O.ClH/c22-15-17-5-6-20(23-16-17)25-11-7-18(8-12-25)21(27)26-10-2-9-24(13-14-26)19-3-1-4-19;/h5-6,16,18-19H,1-4,7-14H2;1H. The van der Waals surface area contributed by atoms with E-state index in [2.05, 4.69) is 25.8 Å². The van der Waals surface area contributed by atoms with Gasteiger partial charge in [-0.15, -0.1) is 12.4 Å². The third-order valence-corrected chi connectivity index (χ3v) is 6.48. The van der Waals surface area contributed by atoms with Crippen molar-refractivity contribution in [1.82, 2.24) is 14.8 Å². The average Bonchev–Trinajstić information content (AvgIpc) is 2.92. The normalized spacial score (nSPS) is 22.0. The van der Waals surface area contributed by atoms with Gasteiger partial charge in [0.2, 0.25) is 5.91 Å². The summed E-state index contributed by atoms with van der Waals surface area (Å²) in [6.07, 6.45) is 8.57. The molecular formula is C21H30ClN5O. The number of carbonyl (C=O) groups is 1. The SMILES string of the molecule is Cl.N#Cc1ccc(N2CCC(C(=O)N3CCCN(C4CCC4)CC3)CC2)nc1. The molecular weight excluding hydrogens is 374 g/mol. The van der Waals surface area contributed by atoms with Crippen LogP contribution in [0.2, 0.25) is 0 Å². The van der Waals surface area contributed by atoms with Gasteiger partial charge in [0.25, 0.3) is 0 Å². The lowest BCUT2D eigenvalue weighted by Crippen LogP contribution is -2.45. The number of nitriles is 1. The summed E-state index contributed by atoms with van der Waals surface area (Å²) in [5, 5.41) is 8.89. The Morgan fingerprint density at radius 3 is 2.39 bits per heavy atom. The van der Waals surface area contributed by atoms with Crippen molar-refractivity contribution in [3.05, 3.63) is 23.9 Å². The second-order valence-electron chi connectivity index (χ2n) is 8.08. The van der Waals surface area contributed by atoms with Crippen molar-refractivity contribution < 1.29 is 4.79 Å². The van der Waals surface area contributed by atoms with Crippen molar-refractivity contribution in [2.75, 3.05) is 44.2 Å². The van der Waals surface area contributed by atoms with Gasteiger partial charge in [-0.3, -0.25) is 9.69 Å². The van der Waals surface area contributed by atoms with Gasteiger partial charge in [0.05, 0.1) is 5.56 Å². The highest BCUT2D eigenvalue weighted by Crippen LogP contribution is 2.27. The maximum atomic E-state index is 13.0. The largest absolute Gasteiger partial charge is 0.357 e. The Bertz CT molecular complexity index is 692. The zero-order valence-electron chi connectivity index (χ0n) is 16.4. The minimum atomic E-state index is 0. The molecule has 1 saturated carbocycles. The number of nitrogens with zero attached hydrogens (tertiary/aromatic N) is 5. The lowest BCUT2D eigenvalue weighted by molar-refractivity contribution is -0.136. The van der Waals surface area contributed by atoms with Crippen LogP contribution in [-0.4, -0.2) is 66.0 Å². The van der Waals surface area contributed by atoms with Gasteiger partial charge in [0.1, 0.15) is 11.9 Å². The van der Waals surface area contributed by atoms with Crippen LogP contribution in [0.1, 0.15) is 44.1 Å². The maximum Gasteiger partial charge on any atom is 0.225 e. The molecule has 1 aromatic heterocycles. The summed E-state index contributed by atoms with van der Waals surface area (Å²) in [4.78, 5) is 24.4. The molecule has 152 valence electrons. The van der Waals surface area contributed by atoms with E-state index in [1.54, 1.807) is 6.20 Å². The second-order valence-corrected chi connectivity index (χ2v) is 8.08. The fourth-order valence-corrected chi connectivity index (χ4v) is 4.53. The third-order valence-electron chi connectivity index (χ3n) is 6.48. The zero-order valence-corrected chi connectivity index (χ0v) is 17.2. The Hall–Kier alpha value is -1.84. The monoisotopic (exact) mass is 403 g/mol. The van der Waals surface area contributed by atoms with Crippen LogP contribution in [0.3, 0.4) is 0 Å². The molecule has 2 saturated heterocycles. The molecule has 0 unspecified atom stereocenters. The molecule has 1 aromatic rings. The Morgan fingerprint density at radius 2 is 1.79 bits per heavy atom. The van der Waals surface area contributed by atoms with Crippen molar-refractivity contribution in [2.24, 2.45) is 5.92 Å². The highest BCUT2D eigenvalue weighted by atomic mass is 35.5. The summed E-state index contributed by atoms with van der Waals surface area (Å²) in [6, 6.07) is 6.60. The van der Waals surface area contributed by atoms with Crippen LogP contribution in [-0.2, 0) is 4.79 Å². The molecule has 3 heterocycles. The van der Waals surface area contributed by atoms with Crippen molar-refractivity contribution in [3.8, 4) is 6.07 Å². The number of halogens is 1. The average molecular weight is 404 g/mol. The van der Waals surface area contributed by atoms with Crippen LogP contribution in [0, 0.1) is 17.2 Å². The molecule has 1 aliphatic carbocycles. The van der Waals surface area contributed by atoms with Crippen molar-refractivity contribution in [3.63, 3.8) is 0 Å². The number of amides is 1. The Morgan fingerprint density at radius 1 is 1.00 bits per heavy atom. The van der Waals surface area contributed by atoms with Crippen LogP contribution in [0.15, 0.2) is 18.3 Å². The van der Waals surface area contributed by atoms with E-state index in [4.69, 9.17) is 5.26 Å². The van der Waals surface area contributed by atoms with Crippen molar-refractivity contribution in [2.45, 2.75) is 44.6 Å². The van der Waals surface area contributed by atoms with Gasteiger partial charge in [-0.2, -0.15) is 5.26 Å². The van der Waals surface area contributed by atoms with E-state index in [9.17, 15) is 4.79 Å². The van der Waals surface area contributed by atoms with E-state index < -0.39 is 0 Å². The smallest absolute Gasteiger partial charge is 0.225 e. The van der Waals surface area contributed by atoms with E-state index in [1.165, 1.54) is 19.3 Å². The molecule has 0 atom stereocenters. The summed E-state index contributed by atoms with van der Waals surface area (Å²) in [5.74, 6) is 1.42. The van der Waals surface area contributed by atoms with Gasteiger partial charge in [0, 0.05) is 57.4 Å². The summed E-state index contributed by atoms with van der Waals surface area (Å²) >= 11 is 0. The van der Waals surface area contributed by atoms with Crippen LogP contribution in [0.25, 0.3) is 0 Å². The van der Waals surface area contributed by atoms with Crippen LogP contribution < -0.4 is 4.90 Å². The lowest BCUT2D eigenvalue weighted by atomic mass is 9.91. The summed E-state index contributed by atoms with van der Waals surface area (Å²) in [7, 11) is 0. The molecule has 4 rings (SSSR count). The first-order chi connectivity index (χ1) is 13.2. The quantitative estimate of drug-likeness (QED) is 0.776. The maximum absolute atomic E-state index is 13.0. The van der Waals surface area contributed by atoms with Crippen LogP contribution >= 0.6 is 12.4 Å². The number of anilines is 1. The Kier molecular flexibility index (Phi) is 7.14. The van der Waals surface area contributed by atoms with Crippen LogP contribution in [0.5, 0.6) is 0 Å². The van der Waals surface area contributed by atoms with Gasteiger partial charge < -0.3 is 9.80 Å². The van der Waals surface area contributed by atoms with Gasteiger partial charge in [0.15, 0.2) is 0 Å². The number of pyridine rings is 1. The summed E-state index contributed by atoms with van der Waals surface area (Å²) < 4.78 is 0. The molecule has 3 fully saturated rings. The topological polar surface area (TPSA) is 63.5 Å². The fraction of sp³-hybridized carbons (Fsp3) is 0.667. The number of aromatic nitrogens is 1. The molecule has 0 aromatic carbocycles. The molecule has 0 spiro atoms. The molecule has 6 nitrogen and oxygen atoms in total. The van der Waals surface area contributed by atoms with E-state index in [-0.39, 0.29) is 18.3 Å². The van der Waals surface area contributed by atoms with Gasteiger partial charge in [-0.05, 0) is 44.2 Å². The molecule has 0 bridgehead atoms. The fourth-order valence-electron chi connectivity index (χ4n) is 4.53. The van der Waals surface area contributed by atoms with Crippen molar-refractivity contribution >= 4 is 24.1 Å². The van der Waals surface area contributed by atoms with E-state index >= 15 is 0 Å². The molecule has 28 heavy (non-hydrogen) atoms. The highest BCUT2D eigenvalue weighted by Gasteiger charge is 2.32.